The molecule has 1 aromatic heterocycles. The number of thiophene rings is 1. The van der Waals surface area contributed by atoms with Gasteiger partial charge in [0.2, 0.25) is 11.8 Å². The summed E-state index contributed by atoms with van der Waals surface area (Å²) in [5.74, 6) is -0.599. The van der Waals surface area contributed by atoms with Gasteiger partial charge in [0.25, 0.3) is 0 Å². The lowest BCUT2D eigenvalue weighted by Crippen LogP contribution is -2.55. The van der Waals surface area contributed by atoms with E-state index >= 15 is 0 Å². The number of piperazine rings is 1. The molecule has 2 aromatic rings. The van der Waals surface area contributed by atoms with Gasteiger partial charge in [-0.05, 0) is 31.2 Å². The number of nitrogens with one attached hydrogen (secondary N) is 1. The number of rotatable bonds is 3. The molecule has 124 valence electrons. The van der Waals surface area contributed by atoms with E-state index < -0.39 is 6.04 Å². The van der Waals surface area contributed by atoms with E-state index in [1.54, 1.807) is 36.1 Å². The van der Waals surface area contributed by atoms with Crippen molar-refractivity contribution < 1.29 is 14.0 Å². The van der Waals surface area contributed by atoms with Crippen molar-refractivity contribution in [2.75, 3.05) is 13.1 Å². The van der Waals surface area contributed by atoms with Gasteiger partial charge in [0, 0.05) is 34.5 Å². The second-order valence-electron chi connectivity index (χ2n) is 5.51. The molecule has 1 aromatic carbocycles. The zero-order valence-corrected chi connectivity index (χ0v) is 14.0. The van der Waals surface area contributed by atoms with Crippen molar-refractivity contribution in [3.63, 3.8) is 0 Å². The van der Waals surface area contributed by atoms with E-state index in [9.17, 15) is 14.0 Å². The van der Waals surface area contributed by atoms with Gasteiger partial charge >= 0.3 is 0 Å². The van der Waals surface area contributed by atoms with Crippen LogP contribution in [0.4, 0.5) is 4.39 Å². The van der Waals surface area contributed by atoms with Crippen LogP contribution >= 0.6 is 11.3 Å². The summed E-state index contributed by atoms with van der Waals surface area (Å²) >= 11 is 1.41. The van der Waals surface area contributed by atoms with Crippen LogP contribution in [0.15, 0.2) is 42.5 Å². The second kappa shape index (κ2) is 6.97. The molecule has 0 radical (unpaired) electrons. The maximum absolute atomic E-state index is 13.8. The second-order valence-corrected chi connectivity index (χ2v) is 6.63. The third kappa shape index (κ3) is 3.38. The Morgan fingerprint density at radius 3 is 2.92 bits per heavy atom. The minimum atomic E-state index is -0.465. The highest BCUT2D eigenvalue weighted by atomic mass is 32.1. The highest BCUT2D eigenvalue weighted by Crippen LogP contribution is 2.30. The molecular formula is C18H17FN2O2S. The van der Waals surface area contributed by atoms with Crippen molar-refractivity contribution in [2.45, 2.75) is 13.0 Å². The van der Waals surface area contributed by atoms with Gasteiger partial charge in [-0.25, -0.2) is 4.39 Å². The molecule has 3 rings (SSSR count). The van der Waals surface area contributed by atoms with Gasteiger partial charge in [0.05, 0.1) is 0 Å². The highest BCUT2D eigenvalue weighted by molar-refractivity contribution is 7.16. The van der Waals surface area contributed by atoms with Crippen LogP contribution in [0.1, 0.15) is 11.8 Å². The van der Waals surface area contributed by atoms with E-state index in [1.807, 2.05) is 12.1 Å². The van der Waals surface area contributed by atoms with Crippen LogP contribution in [0.2, 0.25) is 0 Å². The number of hydrogen-bond donors (Lipinski definition) is 1. The summed E-state index contributed by atoms with van der Waals surface area (Å²) in [4.78, 5) is 27.1. The van der Waals surface area contributed by atoms with Crippen molar-refractivity contribution in [1.82, 2.24) is 10.2 Å². The Kier molecular flexibility index (Phi) is 4.76. The smallest absolute Gasteiger partial charge is 0.247 e. The Balaban J connectivity index is 1.72. The molecule has 1 unspecified atom stereocenters. The molecule has 2 amide bonds. The van der Waals surface area contributed by atoms with Crippen LogP contribution in [0, 0.1) is 5.82 Å². The highest BCUT2D eigenvalue weighted by Gasteiger charge is 2.27. The van der Waals surface area contributed by atoms with Gasteiger partial charge in [-0.2, -0.15) is 0 Å². The average molecular weight is 344 g/mol. The zero-order valence-electron chi connectivity index (χ0n) is 13.2. The molecule has 0 saturated carbocycles. The lowest BCUT2D eigenvalue weighted by atomic mass is 10.2. The number of halogens is 1. The molecule has 1 saturated heterocycles. The molecular weight excluding hydrogens is 327 g/mol. The molecule has 1 N–H and O–H groups in total. The molecule has 0 aliphatic carbocycles. The van der Waals surface area contributed by atoms with Crippen LogP contribution in [-0.2, 0) is 9.59 Å². The minimum Gasteiger partial charge on any atom is -0.353 e. The summed E-state index contributed by atoms with van der Waals surface area (Å²) < 4.78 is 13.8. The number of carbonyl (C=O) groups is 2. The fourth-order valence-corrected chi connectivity index (χ4v) is 3.52. The molecule has 1 atom stereocenters. The minimum absolute atomic E-state index is 0.138. The van der Waals surface area contributed by atoms with Gasteiger partial charge in [0.15, 0.2) is 0 Å². The molecule has 2 heterocycles. The van der Waals surface area contributed by atoms with Crippen LogP contribution < -0.4 is 5.32 Å². The van der Waals surface area contributed by atoms with Crippen molar-refractivity contribution >= 4 is 29.2 Å². The summed E-state index contributed by atoms with van der Waals surface area (Å²) in [5, 5.41) is 2.73. The number of benzene rings is 1. The Hall–Kier alpha value is -2.47. The largest absolute Gasteiger partial charge is 0.353 e. The Bertz CT molecular complexity index is 800. The van der Waals surface area contributed by atoms with E-state index in [0.29, 0.717) is 18.7 Å². The van der Waals surface area contributed by atoms with E-state index in [2.05, 4.69) is 5.32 Å². The number of carbonyl (C=O) groups excluding carboxylic acids is 2. The van der Waals surface area contributed by atoms with Crippen LogP contribution in [0.3, 0.4) is 0 Å². The zero-order chi connectivity index (χ0) is 17.1. The fraction of sp³-hybridized carbons (Fsp3) is 0.222. The predicted octanol–water partition coefficient (Wildman–Crippen LogP) is 2.91. The first-order valence-electron chi connectivity index (χ1n) is 7.67. The first-order chi connectivity index (χ1) is 11.6. The molecule has 1 aliphatic heterocycles. The average Bonchev–Trinajstić information content (AvgIpc) is 3.04. The third-order valence-corrected chi connectivity index (χ3v) is 5.02. The van der Waals surface area contributed by atoms with Crippen molar-refractivity contribution in [1.29, 1.82) is 0 Å². The summed E-state index contributed by atoms with van der Waals surface area (Å²) in [6, 6.07) is 9.83. The summed E-state index contributed by atoms with van der Waals surface area (Å²) in [6.45, 7) is 2.68. The van der Waals surface area contributed by atoms with Gasteiger partial charge < -0.3 is 10.2 Å². The summed E-state index contributed by atoms with van der Waals surface area (Å²) in [6.07, 6.45) is 3.17. The van der Waals surface area contributed by atoms with E-state index in [1.165, 1.54) is 23.5 Å². The monoisotopic (exact) mass is 344 g/mol. The molecule has 0 bridgehead atoms. The van der Waals surface area contributed by atoms with Gasteiger partial charge in [-0.1, -0.05) is 18.2 Å². The maximum Gasteiger partial charge on any atom is 0.247 e. The van der Waals surface area contributed by atoms with E-state index in [4.69, 9.17) is 0 Å². The SMILES string of the molecule is CC1C(=O)NCCN1C(=O)/C=C/c1ccc(-c2ccccc2F)s1. The van der Waals surface area contributed by atoms with E-state index in [0.717, 1.165) is 9.75 Å². The Labute approximate surface area is 143 Å². The maximum atomic E-state index is 13.8. The first kappa shape index (κ1) is 16.4. The predicted molar refractivity (Wildman–Crippen MR) is 92.9 cm³/mol. The van der Waals surface area contributed by atoms with Gasteiger partial charge in [-0.15, -0.1) is 11.3 Å². The molecule has 1 aliphatic rings. The molecule has 4 nitrogen and oxygen atoms in total. The standard InChI is InChI=1S/C18H17FN2O2S/c1-12-18(23)20-10-11-21(12)17(22)9-7-13-6-8-16(24-13)14-4-2-3-5-15(14)19/h2-9,12H,10-11H2,1H3,(H,20,23)/b9-7+. The van der Waals surface area contributed by atoms with Gasteiger partial charge in [0.1, 0.15) is 11.9 Å². The van der Waals surface area contributed by atoms with Crippen molar-refractivity contribution in [3.8, 4) is 10.4 Å². The number of amides is 2. The lowest BCUT2D eigenvalue weighted by Gasteiger charge is -2.31. The van der Waals surface area contributed by atoms with Gasteiger partial charge in [-0.3, -0.25) is 9.59 Å². The topological polar surface area (TPSA) is 49.4 Å². The Morgan fingerprint density at radius 1 is 1.33 bits per heavy atom. The van der Waals surface area contributed by atoms with Crippen molar-refractivity contribution in [3.05, 3.63) is 53.2 Å². The molecule has 1 fully saturated rings. The molecule has 0 spiro atoms. The van der Waals surface area contributed by atoms with Crippen LogP contribution in [-0.4, -0.2) is 35.8 Å². The number of nitrogens with zero attached hydrogens (tertiary/aromatic N) is 1. The quantitative estimate of drug-likeness (QED) is 0.871. The summed E-state index contributed by atoms with van der Waals surface area (Å²) in [7, 11) is 0. The molecule has 24 heavy (non-hydrogen) atoms. The third-order valence-electron chi connectivity index (χ3n) is 3.94. The fourth-order valence-electron chi connectivity index (χ4n) is 2.58. The normalized spacial score (nSPS) is 18.0. The van der Waals surface area contributed by atoms with Crippen molar-refractivity contribution in [2.24, 2.45) is 0 Å². The first-order valence-corrected chi connectivity index (χ1v) is 8.49. The summed E-state index contributed by atoms with van der Waals surface area (Å²) in [5.41, 5.74) is 0.551. The Morgan fingerprint density at radius 2 is 2.12 bits per heavy atom. The number of hydrogen-bond acceptors (Lipinski definition) is 3. The lowest BCUT2D eigenvalue weighted by molar-refractivity contribution is -0.139. The van der Waals surface area contributed by atoms with E-state index in [-0.39, 0.29) is 17.6 Å². The van der Waals surface area contributed by atoms with Crippen LogP contribution in [0.25, 0.3) is 16.5 Å². The van der Waals surface area contributed by atoms with Crippen LogP contribution in [0.5, 0.6) is 0 Å². The molecule has 6 heteroatoms.